The molecule has 0 radical (unpaired) electrons. The van der Waals surface area contributed by atoms with Gasteiger partial charge in [0.2, 0.25) is 0 Å². The van der Waals surface area contributed by atoms with Crippen LogP contribution in [0, 0.1) is 13.8 Å². The Labute approximate surface area is 202 Å². The topological polar surface area (TPSA) is 95.1 Å². The van der Waals surface area contributed by atoms with Crippen molar-refractivity contribution >= 4 is 39.8 Å². The molecule has 178 valence electrons. The number of para-hydroxylation sites is 1. The molecule has 0 saturated heterocycles. The van der Waals surface area contributed by atoms with Crippen LogP contribution in [-0.2, 0) is 4.74 Å². The van der Waals surface area contributed by atoms with Gasteiger partial charge < -0.3 is 9.15 Å². The van der Waals surface area contributed by atoms with E-state index in [2.05, 4.69) is 29.2 Å². The van der Waals surface area contributed by atoms with Crippen LogP contribution >= 0.6 is 0 Å². The highest BCUT2D eigenvalue weighted by Gasteiger charge is 2.23. The van der Waals surface area contributed by atoms with E-state index in [1.807, 2.05) is 56.3 Å². The summed E-state index contributed by atoms with van der Waals surface area (Å²) in [7, 11) is 0. The smallest absolute Gasteiger partial charge is 0.343 e. The first kappa shape index (κ1) is 22.6. The van der Waals surface area contributed by atoms with Crippen molar-refractivity contribution in [1.29, 1.82) is 0 Å². The Morgan fingerprint density at radius 3 is 2.71 bits per heavy atom. The van der Waals surface area contributed by atoms with Crippen molar-refractivity contribution in [3.8, 4) is 5.82 Å². The highest BCUT2D eigenvalue weighted by Crippen LogP contribution is 2.30. The van der Waals surface area contributed by atoms with Crippen LogP contribution in [0.5, 0.6) is 0 Å². The van der Waals surface area contributed by atoms with Gasteiger partial charge in [0, 0.05) is 5.39 Å². The maximum absolute atomic E-state index is 12.7. The third-order valence-electron chi connectivity index (χ3n) is 6.02. The summed E-state index contributed by atoms with van der Waals surface area (Å²) in [5.74, 6) is 0.822. The fourth-order valence-electron chi connectivity index (χ4n) is 4.11. The largest absolute Gasteiger partial charge is 0.462 e. The highest BCUT2D eigenvalue weighted by molar-refractivity contribution is 5.96. The van der Waals surface area contributed by atoms with E-state index in [0.717, 1.165) is 27.5 Å². The summed E-state index contributed by atoms with van der Waals surface area (Å²) in [4.78, 5) is 22.2. The number of carbonyl (C=O) groups excluding carboxylic acids is 1. The minimum atomic E-state index is -0.492. The monoisotopic (exact) mass is 469 g/mol. The molecule has 3 heterocycles. The maximum atomic E-state index is 12.7. The molecule has 0 atom stereocenters. The summed E-state index contributed by atoms with van der Waals surface area (Å²) in [6.45, 7) is 10.3. The van der Waals surface area contributed by atoms with Crippen molar-refractivity contribution in [1.82, 2.24) is 19.7 Å². The number of anilines is 2. The fourth-order valence-corrected chi connectivity index (χ4v) is 4.11. The van der Waals surface area contributed by atoms with E-state index in [-0.39, 0.29) is 18.2 Å². The van der Waals surface area contributed by atoms with Gasteiger partial charge in [-0.15, -0.1) is 0 Å². The molecule has 0 aliphatic carbocycles. The number of nitrogens with zero attached hydrogens (tertiary/aromatic N) is 4. The molecule has 2 aromatic carbocycles. The zero-order chi connectivity index (χ0) is 24.7. The lowest BCUT2D eigenvalue weighted by Crippen LogP contribution is -2.10. The number of ether oxygens (including phenoxy) is 1. The molecule has 5 aromatic rings. The second-order valence-electron chi connectivity index (χ2n) is 8.83. The predicted molar refractivity (Wildman–Crippen MR) is 136 cm³/mol. The van der Waals surface area contributed by atoms with E-state index in [1.54, 1.807) is 11.6 Å². The molecule has 0 unspecified atom stereocenters. The average molecular weight is 470 g/mol. The van der Waals surface area contributed by atoms with Crippen LogP contribution in [0.1, 0.15) is 53.7 Å². The summed E-state index contributed by atoms with van der Waals surface area (Å²) in [6.07, 6.45) is 1.47. The maximum Gasteiger partial charge on any atom is 0.343 e. The van der Waals surface area contributed by atoms with Crippen molar-refractivity contribution in [2.45, 2.75) is 40.5 Å². The van der Waals surface area contributed by atoms with Crippen LogP contribution in [0.15, 0.2) is 53.1 Å². The molecule has 8 heteroatoms. The lowest BCUT2D eigenvalue weighted by atomic mass is 10.0. The number of hydrogen-bond donors (Lipinski definition) is 1. The first-order valence-electron chi connectivity index (χ1n) is 11.7. The Morgan fingerprint density at radius 1 is 1.11 bits per heavy atom. The molecule has 1 N–H and O–H groups in total. The van der Waals surface area contributed by atoms with Gasteiger partial charge in [-0.3, -0.25) is 5.32 Å². The Balaban J connectivity index is 1.63. The number of aromatic nitrogens is 4. The van der Waals surface area contributed by atoms with Crippen molar-refractivity contribution in [2.24, 2.45) is 0 Å². The molecule has 5 rings (SSSR count). The summed E-state index contributed by atoms with van der Waals surface area (Å²) in [6, 6.07) is 14.2. The Morgan fingerprint density at radius 2 is 1.94 bits per heavy atom. The van der Waals surface area contributed by atoms with Gasteiger partial charge >= 0.3 is 12.0 Å². The molecule has 0 spiro atoms. The summed E-state index contributed by atoms with van der Waals surface area (Å²) in [5.41, 5.74) is 5.80. The second kappa shape index (κ2) is 8.87. The van der Waals surface area contributed by atoms with E-state index in [1.165, 1.54) is 11.8 Å². The average Bonchev–Trinajstić information content (AvgIpc) is 3.43. The van der Waals surface area contributed by atoms with Crippen molar-refractivity contribution in [2.75, 3.05) is 11.9 Å². The van der Waals surface area contributed by atoms with Gasteiger partial charge in [-0.2, -0.15) is 14.8 Å². The van der Waals surface area contributed by atoms with E-state index in [4.69, 9.17) is 14.1 Å². The molecular formula is C27H27N5O3. The van der Waals surface area contributed by atoms with Crippen LogP contribution < -0.4 is 5.32 Å². The SMILES string of the molecule is CCOC(=O)c1cnn(-c2cc(C)c3cccc(C)c3n2)c1Nc1nc2cc(C(C)C)ccc2o1. The number of pyridine rings is 1. The molecule has 3 aromatic heterocycles. The van der Waals surface area contributed by atoms with Crippen LogP contribution in [0.4, 0.5) is 11.8 Å². The molecule has 0 aliphatic rings. The first-order valence-corrected chi connectivity index (χ1v) is 11.7. The number of esters is 1. The Bertz CT molecular complexity index is 1560. The third-order valence-corrected chi connectivity index (χ3v) is 6.02. The van der Waals surface area contributed by atoms with Gasteiger partial charge in [0.1, 0.15) is 11.1 Å². The molecule has 8 nitrogen and oxygen atoms in total. The van der Waals surface area contributed by atoms with Crippen molar-refractivity contribution in [3.63, 3.8) is 0 Å². The number of rotatable bonds is 6. The van der Waals surface area contributed by atoms with E-state index >= 15 is 0 Å². The fraction of sp³-hybridized carbons (Fsp3) is 0.259. The summed E-state index contributed by atoms with van der Waals surface area (Å²) >= 11 is 0. The normalized spacial score (nSPS) is 11.5. The predicted octanol–water partition coefficient (Wildman–Crippen LogP) is 6.22. The minimum absolute atomic E-state index is 0.247. The Hall–Kier alpha value is -4.20. The molecule has 0 fully saturated rings. The van der Waals surface area contributed by atoms with Crippen LogP contribution in [0.2, 0.25) is 0 Å². The lowest BCUT2D eigenvalue weighted by molar-refractivity contribution is 0.0527. The van der Waals surface area contributed by atoms with Gasteiger partial charge in [-0.1, -0.05) is 38.1 Å². The molecule has 0 saturated carbocycles. The molecule has 0 aliphatic heterocycles. The number of nitrogens with one attached hydrogen (secondary N) is 1. The first-order chi connectivity index (χ1) is 16.9. The van der Waals surface area contributed by atoms with Crippen LogP contribution in [0.25, 0.3) is 27.8 Å². The zero-order valence-electron chi connectivity index (χ0n) is 20.4. The second-order valence-corrected chi connectivity index (χ2v) is 8.83. The number of hydrogen-bond acceptors (Lipinski definition) is 7. The number of fused-ring (bicyclic) bond motifs is 2. The zero-order valence-corrected chi connectivity index (χ0v) is 20.4. The van der Waals surface area contributed by atoms with Crippen molar-refractivity contribution < 1.29 is 13.9 Å². The summed E-state index contributed by atoms with van der Waals surface area (Å²) in [5, 5.41) is 8.71. The quantitative estimate of drug-likeness (QED) is 0.295. The minimum Gasteiger partial charge on any atom is -0.462 e. The number of oxazole rings is 1. The highest BCUT2D eigenvalue weighted by atomic mass is 16.5. The molecule has 0 bridgehead atoms. The van der Waals surface area contributed by atoms with Gasteiger partial charge in [0.15, 0.2) is 17.2 Å². The van der Waals surface area contributed by atoms with Gasteiger partial charge in [0.25, 0.3) is 0 Å². The molecule has 0 amide bonds. The number of carbonyl (C=O) groups is 1. The molecular weight excluding hydrogens is 442 g/mol. The van der Waals surface area contributed by atoms with Crippen LogP contribution in [0.3, 0.4) is 0 Å². The lowest BCUT2D eigenvalue weighted by Gasteiger charge is -2.12. The number of benzene rings is 2. The van der Waals surface area contributed by atoms with Crippen LogP contribution in [-0.4, -0.2) is 32.3 Å². The van der Waals surface area contributed by atoms with Gasteiger partial charge in [-0.25, -0.2) is 9.78 Å². The number of aryl methyl sites for hydroxylation is 2. The third kappa shape index (κ3) is 4.12. The molecule has 35 heavy (non-hydrogen) atoms. The standard InChI is InChI=1S/C27H27N5O3/c1-6-34-26(33)20-14-28-32(23-12-17(5)19-9-7-8-16(4)24(19)30-23)25(20)31-27-29-21-13-18(15(2)3)10-11-22(21)35-27/h7-15H,6H2,1-5H3,(H,29,31). The van der Waals surface area contributed by atoms with E-state index < -0.39 is 5.97 Å². The van der Waals surface area contributed by atoms with E-state index in [0.29, 0.717) is 23.1 Å². The van der Waals surface area contributed by atoms with Gasteiger partial charge in [-0.05, 0) is 61.6 Å². The van der Waals surface area contributed by atoms with Crippen molar-refractivity contribution in [3.05, 3.63) is 70.9 Å². The van der Waals surface area contributed by atoms with E-state index in [9.17, 15) is 4.79 Å². The summed E-state index contributed by atoms with van der Waals surface area (Å²) < 4.78 is 12.8. The Kier molecular flexibility index (Phi) is 5.72. The van der Waals surface area contributed by atoms with Gasteiger partial charge in [0.05, 0.1) is 18.3 Å².